The van der Waals surface area contributed by atoms with Gasteiger partial charge in [-0.15, -0.1) is 0 Å². The van der Waals surface area contributed by atoms with E-state index in [1.54, 1.807) is 6.26 Å². The van der Waals surface area contributed by atoms with Crippen LogP contribution in [0.15, 0.2) is 41.3 Å². The van der Waals surface area contributed by atoms with Gasteiger partial charge in [-0.25, -0.2) is 0 Å². The second-order valence-electron chi connectivity index (χ2n) is 13.6. The number of carbonyl (C=O) groups excluding carboxylic acids is 1. The molecule has 2 N–H and O–H groups in total. The number of rotatable bonds is 9. The lowest BCUT2D eigenvalue weighted by Gasteiger charge is -2.61. The summed E-state index contributed by atoms with van der Waals surface area (Å²) in [5.74, 6) is 0.531. The molecule has 4 fully saturated rings. The third kappa shape index (κ3) is 5.69. The number of hydrogen-bond acceptors (Lipinski definition) is 8. The van der Waals surface area contributed by atoms with E-state index in [4.69, 9.17) is 14.7 Å². The van der Waals surface area contributed by atoms with Gasteiger partial charge in [-0.05, 0) is 86.2 Å². The summed E-state index contributed by atoms with van der Waals surface area (Å²) in [7, 11) is 0. The van der Waals surface area contributed by atoms with Gasteiger partial charge in [0.25, 0.3) is 0 Å². The fourth-order valence-corrected chi connectivity index (χ4v) is 9.25. The molecule has 3 saturated carbocycles. The van der Waals surface area contributed by atoms with Crippen molar-refractivity contribution in [2.75, 3.05) is 52.5 Å². The van der Waals surface area contributed by atoms with E-state index in [1.807, 2.05) is 6.08 Å². The van der Waals surface area contributed by atoms with Crippen LogP contribution in [0.4, 0.5) is 0 Å². The smallest absolute Gasteiger partial charge is 0.307 e. The van der Waals surface area contributed by atoms with Crippen molar-refractivity contribution in [3.05, 3.63) is 36.1 Å². The molecule has 8 heteroatoms. The van der Waals surface area contributed by atoms with Crippen molar-refractivity contribution < 1.29 is 24.6 Å². The van der Waals surface area contributed by atoms with Crippen molar-refractivity contribution in [1.82, 2.24) is 9.80 Å². The third-order valence-corrected chi connectivity index (χ3v) is 11.7. The van der Waals surface area contributed by atoms with Gasteiger partial charge < -0.3 is 19.8 Å². The van der Waals surface area contributed by atoms with Gasteiger partial charge in [0.05, 0.1) is 24.2 Å². The number of β-amino-alcohol motifs (C(OH)–C–C–N with tert-alkyl or cyclic N) is 1. The van der Waals surface area contributed by atoms with Gasteiger partial charge in [0.15, 0.2) is 0 Å². The van der Waals surface area contributed by atoms with Crippen LogP contribution in [0.1, 0.15) is 72.1 Å². The number of nitrogens with zero attached hydrogens (tertiary/aromatic N) is 3. The van der Waals surface area contributed by atoms with Crippen molar-refractivity contribution in [3.63, 3.8) is 0 Å². The zero-order chi connectivity index (χ0) is 29.3. The Hall–Kier alpha value is -2.00. The van der Waals surface area contributed by atoms with Crippen LogP contribution in [0.3, 0.4) is 0 Å². The molecule has 6 unspecified atom stereocenters. The maximum Gasteiger partial charge on any atom is 0.307 e. The number of aliphatic hydroxyl groups is 2. The number of carbonyl (C=O) groups is 1. The molecular weight excluding hydrogens is 518 g/mol. The summed E-state index contributed by atoms with van der Waals surface area (Å²) in [6, 6.07) is 0. The van der Waals surface area contributed by atoms with E-state index in [1.165, 1.54) is 12.5 Å². The monoisotopic (exact) mass is 569 g/mol. The molecule has 0 aromatic carbocycles. The predicted molar refractivity (Wildman–Crippen MR) is 160 cm³/mol. The molecule has 228 valence electrons. The molecule has 4 aliphatic carbocycles. The highest BCUT2D eigenvalue weighted by atomic mass is 16.6. The van der Waals surface area contributed by atoms with Crippen molar-refractivity contribution >= 4 is 11.7 Å². The lowest BCUT2D eigenvalue weighted by atomic mass is 9.45. The summed E-state index contributed by atoms with van der Waals surface area (Å²) in [6.45, 7) is 16.6. The number of allylic oxidation sites excluding steroid dienone is 4. The highest BCUT2D eigenvalue weighted by Crippen LogP contribution is 2.69. The summed E-state index contributed by atoms with van der Waals surface area (Å²) in [4.78, 5) is 22.0. The summed E-state index contributed by atoms with van der Waals surface area (Å²) in [5.41, 5.74) is 2.56. The highest BCUT2D eigenvalue weighted by molar-refractivity contribution is 5.96. The van der Waals surface area contributed by atoms with Gasteiger partial charge in [-0.2, -0.15) is 0 Å². The van der Waals surface area contributed by atoms with Crippen molar-refractivity contribution in [1.29, 1.82) is 0 Å². The largest absolute Gasteiger partial charge is 0.434 e. The predicted octanol–water partition coefficient (Wildman–Crippen LogP) is 4.30. The minimum Gasteiger partial charge on any atom is -0.434 e. The van der Waals surface area contributed by atoms with E-state index in [0.717, 1.165) is 102 Å². The molecule has 1 heterocycles. The first-order chi connectivity index (χ1) is 19.6. The van der Waals surface area contributed by atoms with Crippen LogP contribution in [-0.4, -0.2) is 89.8 Å². The summed E-state index contributed by atoms with van der Waals surface area (Å²) in [5, 5.41) is 26.1. The molecule has 8 nitrogen and oxygen atoms in total. The quantitative estimate of drug-likeness (QED) is 0.141. The fourth-order valence-electron chi connectivity index (χ4n) is 9.25. The lowest BCUT2D eigenvalue weighted by Crippen LogP contribution is -2.60. The topological polar surface area (TPSA) is 94.8 Å². The normalized spacial score (nSPS) is 39.0. The van der Waals surface area contributed by atoms with Crippen LogP contribution < -0.4 is 0 Å². The van der Waals surface area contributed by atoms with E-state index >= 15 is 0 Å². The van der Waals surface area contributed by atoms with E-state index in [2.05, 4.69) is 41.5 Å². The Balaban J connectivity index is 1.22. The maximum atomic E-state index is 12.5. The lowest BCUT2D eigenvalue weighted by molar-refractivity contribution is -0.180. The Morgan fingerprint density at radius 3 is 2.49 bits per heavy atom. The molecule has 5 rings (SSSR count). The van der Waals surface area contributed by atoms with Crippen LogP contribution in [0.2, 0.25) is 0 Å². The van der Waals surface area contributed by atoms with Gasteiger partial charge in [0.2, 0.25) is 0 Å². The van der Waals surface area contributed by atoms with Crippen LogP contribution in [0.5, 0.6) is 0 Å². The number of ether oxygens (including phenoxy) is 1. The average Bonchev–Trinajstić information content (AvgIpc) is 3.23. The zero-order valence-corrected chi connectivity index (χ0v) is 25.4. The molecule has 0 aromatic rings. The van der Waals surface area contributed by atoms with Gasteiger partial charge in [-0.1, -0.05) is 37.2 Å². The summed E-state index contributed by atoms with van der Waals surface area (Å²) < 4.78 is 5.25. The average molecular weight is 570 g/mol. The Bertz CT molecular complexity index is 1080. The molecule has 0 aromatic heterocycles. The molecule has 0 spiro atoms. The molecule has 0 bridgehead atoms. The van der Waals surface area contributed by atoms with Gasteiger partial charge in [0, 0.05) is 51.6 Å². The first-order valence-corrected chi connectivity index (χ1v) is 15.8. The van der Waals surface area contributed by atoms with E-state index < -0.39 is 5.60 Å². The third-order valence-electron chi connectivity index (χ3n) is 11.7. The number of hydrogen-bond donors (Lipinski definition) is 2. The number of fused-ring (bicyclic) bond motifs is 5. The molecule has 6 atom stereocenters. The zero-order valence-electron chi connectivity index (χ0n) is 25.4. The van der Waals surface area contributed by atoms with E-state index in [0.29, 0.717) is 12.5 Å². The van der Waals surface area contributed by atoms with Gasteiger partial charge in [-0.3, -0.25) is 14.6 Å². The Morgan fingerprint density at radius 1 is 1.07 bits per heavy atom. The van der Waals surface area contributed by atoms with Crippen LogP contribution >= 0.6 is 0 Å². The molecule has 0 radical (unpaired) electrons. The van der Waals surface area contributed by atoms with Crippen LogP contribution in [0.25, 0.3) is 0 Å². The number of piperazine rings is 1. The van der Waals surface area contributed by atoms with Gasteiger partial charge >= 0.3 is 5.97 Å². The number of oxime groups is 1. The highest BCUT2D eigenvalue weighted by Gasteiger charge is 2.66. The van der Waals surface area contributed by atoms with Gasteiger partial charge in [0.1, 0.15) is 6.61 Å². The molecule has 1 aliphatic heterocycles. The molecular formula is C33H51N3O5. The summed E-state index contributed by atoms with van der Waals surface area (Å²) in [6.07, 6.45) is 13.4. The second-order valence-corrected chi connectivity index (χ2v) is 13.6. The second kappa shape index (κ2) is 12.3. The Labute approximate surface area is 246 Å². The first-order valence-electron chi connectivity index (χ1n) is 15.8. The molecule has 5 aliphatic rings. The number of aliphatic hydroxyl groups excluding tert-OH is 1. The fraction of sp³-hybridized carbons (Fsp3) is 0.758. The van der Waals surface area contributed by atoms with Crippen molar-refractivity contribution in [2.24, 2.45) is 33.7 Å². The minimum absolute atomic E-state index is 0.0835. The van der Waals surface area contributed by atoms with E-state index in [-0.39, 0.29) is 35.2 Å². The van der Waals surface area contributed by atoms with Crippen molar-refractivity contribution in [3.8, 4) is 0 Å². The van der Waals surface area contributed by atoms with E-state index in [9.17, 15) is 9.90 Å². The Kier molecular flexibility index (Phi) is 9.15. The van der Waals surface area contributed by atoms with Crippen LogP contribution in [-0.2, 0) is 14.4 Å². The SMILES string of the molecule is C=C/C(=C\OC(C)=O)C1CCC2(O)C3CCC4=C/C(=N/OCCN5CCN(CCO)CC5)CCC4(C)C3CCC12C. The first kappa shape index (κ1) is 30.5. The van der Waals surface area contributed by atoms with Crippen LogP contribution in [0, 0.1) is 28.6 Å². The standard InChI is InChI=1S/C33H51N3O5/c1-5-25(23-40-24(2)38)28-10-13-33(39)30-7-6-26-22-27(8-11-31(26,3)29(30)9-12-32(28,33)4)34-41-21-19-36-16-14-35(15-17-36)18-20-37/h5,22-23,28-30,37,39H,1,6-21H2,2-4H3/b25-23+,34-27+. The number of esters is 1. The summed E-state index contributed by atoms with van der Waals surface area (Å²) >= 11 is 0. The minimum atomic E-state index is -0.728. The molecule has 41 heavy (non-hydrogen) atoms. The Morgan fingerprint density at radius 2 is 1.80 bits per heavy atom. The van der Waals surface area contributed by atoms with Crippen molar-refractivity contribution in [2.45, 2.75) is 77.7 Å². The maximum absolute atomic E-state index is 12.5. The molecule has 1 saturated heterocycles. The molecule has 0 amide bonds.